The van der Waals surface area contributed by atoms with Crippen molar-refractivity contribution in [2.75, 3.05) is 13.1 Å². The van der Waals surface area contributed by atoms with E-state index >= 15 is 0 Å². The lowest BCUT2D eigenvalue weighted by atomic mass is 9.84. The molecule has 1 fully saturated rings. The second-order valence-corrected chi connectivity index (χ2v) is 6.52. The maximum Gasteiger partial charge on any atom is 0.303 e. The number of aliphatic carboxylic acids is 1. The van der Waals surface area contributed by atoms with Crippen LogP contribution in [0.15, 0.2) is 10.5 Å². The standard InChI is InChI=1S/C17H27NO3/c1-11(8-17(19)20)15-6-5-7-18(10-15)13(3)16-9-12(2)21-14(16)4/h9,11,13,15H,5-8,10H2,1-4H3,(H,19,20). The molecule has 118 valence electrons. The minimum absolute atomic E-state index is 0.240. The smallest absolute Gasteiger partial charge is 0.303 e. The summed E-state index contributed by atoms with van der Waals surface area (Å²) in [6.07, 6.45) is 2.56. The van der Waals surface area contributed by atoms with Crippen molar-refractivity contribution in [2.45, 2.75) is 53.0 Å². The Morgan fingerprint density at radius 2 is 2.19 bits per heavy atom. The number of aryl methyl sites for hydroxylation is 2. The normalized spacial score (nSPS) is 23.0. The van der Waals surface area contributed by atoms with Crippen molar-refractivity contribution < 1.29 is 14.3 Å². The molecule has 3 atom stereocenters. The Morgan fingerprint density at radius 3 is 2.76 bits per heavy atom. The van der Waals surface area contributed by atoms with Crippen molar-refractivity contribution in [3.63, 3.8) is 0 Å². The molecule has 4 heteroatoms. The molecule has 0 spiro atoms. The fourth-order valence-electron chi connectivity index (χ4n) is 3.56. The molecule has 21 heavy (non-hydrogen) atoms. The summed E-state index contributed by atoms with van der Waals surface area (Å²) < 4.78 is 5.65. The zero-order chi connectivity index (χ0) is 15.6. The van der Waals surface area contributed by atoms with Crippen molar-refractivity contribution in [1.82, 2.24) is 4.90 Å². The van der Waals surface area contributed by atoms with Crippen LogP contribution in [-0.4, -0.2) is 29.1 Å². The van der Waals surface area contributed by atoms with Crippen LogP contribution < -0.4 is 0 Å². The molecule has 1 N–H and O–H groups in total. The Labute approximate surface area is 127 Å². The van der Waals surface area contributed by atoms with Gasteiger partial charge in [-0.3, -0.25) is 9.69 Å². The van der Waals surface area contributed by atoms with E-state index in [-0.39, 0.29) is 12.3 Å². The number of carboxylic acids is 1. The van der Waals surface area contributed by atoms with E-state index in [1.54, 1.807) is 0 Å². The molecule has 0 radical (unpaired) electrons. The van der Waals surface area contributed by atoms with Gasteiger partial charge >= 0.3 is 5.97 Å². The van der Waals surface area contributed by atoms with Gasteiger partial charge in [0.05, 0.1) is 0 Å². The van der Waals surface area contributed by atoms with Gasteiger partial charge in [0.2, 0.25) is 0 Å². The summed E-state index contributed by atoms with van der Waals surface area (Å²) in [6, 6.07) is 2.46. The topological polar surface area (TPSA) is 53.7 Å². The number of carbonyl (C=O) groups is 1. The van der Waals surface area contributed by atoms with Crippen LogP contribution >= 0.6 is 0 Å². The van der Waals surface area contributed by atoms with Crippen LogP contribution in [0, 0.1) is 25.7 Å². The van der Waals surface area contributed by atoms with Gasteiger partial charge in [0.1, 0.15) is 11.5 Å². The number of likely N-dealkylation sites (tertiary alicyclic amines) is 1. The Balaban J connectivity index is 2.03. The molecule has 1 saturated heterocycles. The van der Waals surface area contributed by atoms with Gasteiger partial charge < -0.3 is 9.52 Å². The van der Waals surface area contributed by atoms with E-state index in [9.17, 15) is 4.79 Å². The predicted molar refractivity (Wildman–Crippen MR) is 82.3 cm³/mol. The lowest BCUT2D eigenvalue weighted by molar-refractivity contribution is -0.138. The molecule has 2 rings (SSSR count). The maximum absolute atomic E-state index is 10.9. The molecule has 0 amide bonds. The van der Waals surface area contributed by atoms with E-state index in [0.29, 0.717) is 12.0 Å². The third-order valence-corrected chi connectivity index (χ3v) is 4.87. The van der Waals surface area contributed by atoms with Crippen LogP contribution in [0.1, 0.15) is 56.2 Å². The van der Waals surface area contributed by atoms with E-state index in [1.165, 1.54) is 5.56 Å². The summed E-state index contributed by atoms with van der Waals surface area (Å²) in [7, 11) is 0. The van der Waals surface area contributed by atoms with Gasteiger partial charge in [-0.15, -0.1) is 0 Å². The minimum atomic E-state index is -0.686. The maximum atomic E-state index is 10.9. The lowest BCUT2D eigenvalue weighted by Gasteiger charge is -2.38. The zero-order valence-electron chi connectivity index (χ0n) is 13.6. The van der Waals surface area contributed by atoms with Crippen LogP contribution in [0.2, 0.25) is 0 Å². The fourth-order valence-corrected chi connectivity index (χ4v) is 3.56. The molecule has 0 bridgehead atoms. The molecular formula is C17H27NO3. The molecule has 0 saturated carbocycles. The lowest BCUT2D eigenvalue weighted by Crippen LogP contribution is -2.39. The first-order valence-corrected chi connectivity index (χ1v) is 7.91. The number of nitrogens with zero attached hydrogens (tertiary/aromatic N) is 1. The Bertz CT molecular complexity index is 494. The predicted octanol–water partition coefficient (Wildman–Crippen LogP) is 3.78. The molecule has 0 aromatic carbocycles. The molecular weight excluding hydrogens is 266 g/mol. The van der Waals surface area contributed by atoms with Crippen LogP contribution in [0.3, 0.4) is 0 Å². The van der Waals surface area contributed by atoms with Crippen LogP contribution in [0.5, 0.6) is 0 Å². The summed E-state index contributed by atoms with van der Waals surface area (Å²) >= 11 is 0. The van der Waals surface area contributed by atoms with Gasteiger partial charge in [0, 0.05) is 24.6 Å². The van der Waals surface area contributed by atoms with Gasteiger partial charge in [-0.2, -0.15) is 0 Å². The van der Waals surface area contributed by atoms with E-state index in [2.05, 4.69) is 24.8 Å². The van der Waals surface area contributed by atoms with Crippen molar-refractivity contribution in [3.8, 4) is 0 Å². The summed E-state index contributed by atoms with van der Waals surface area (Å²) in [6.45, 7) is 10.4. The monoisotopic (exact) mass is 293 g/mol. The van der Waals surface area contributed by atoms with Gasteiger partial charge in [0.25, 0.3) is 0 Å². The van der Waals surface area contributed by atoms with E-state index < -0.39 is 5.97 Å². The molecule has 1 aliphatic heterocycles. The van der Waals surface area contributed by atoms with Crippen molar-refractivity contribution in [1.29, 1.82) is 0 Å². The van der Waals surface area contributed by atoms with Crippen molar-refractivity contribution in [3.05, 3.63) is 23.2 Å². The molecule has 1 aliphatic rings. The van der Waals surface area contributed by atoms with Crippen LogP contribution in [-0.2, 0) is 4.79 Å². The van der Waals surface area contributed by atoms with Crippen LogP contribution in [0.4, 0.5) is 0 Å². The van der Waals surface area contributed by atoms with E-state index in [1.807, 2.05) is 13.8 Å². The first-order chi connectivity index (χ1) is 9.88. The number of hydrogen-bond donors (Lipinski definition) is 1. The molecule has 1 aromatic rings. The van der Waals surface area contributed by atoms with Crippen LogP contribution in [0.25, 0.3) is 0 Å². The fraction of sp³-hybridized carbons (Fsp3) is 0.706. The molecule has 0 aliphatic carbocycles. The molecule has 1 aromatic heterocycles. The minimum Gasteiger partial charge on any atom is -0.481 e. The number of rotatable bonds is 5. The van der Waals surface area contributed by atoms with Crippen molar-refractivity contribution >= 4 is 5.97 Å². The highest BCUT2D eigenvalue weighted by Gasteiger charge is 2.29. The third kappa shape index (κ3) is 3.88. The molecule has 2 heterocycles. The Kier molecular flexibility index (Phi) is 5.09. The average Bonchev–Trinajstić information content (AvgIpc) is 2.76. The summed E-state index contributed by atoms with van der Waals surface area (Å²) in [5.74, 6) is 1.99. The first kappa shape index (κ1) is 16.1. The van der Waals surface area contributed by atoms with Gasteiger partial charge in [-0.25, -0.2) is 0 Å². The zero-order valence-corrected chi connectivity index (χ0v) is 13.6. The van der Waals surface area contributed by atoms with Gasteiger partial charge in [0.15, 0.2) is 0 Å². The third-order valence-electron chi connectivity index (χ3n) is 4.87. The summed E-state index contributed by atoms with van der Waals surface area (Å²) in [5.41, 5.74) is 1.26. The first-order valence-electron chi connectivity index (χ1n) is 7.91. The van der Waals surface area contributed by atoms with E-state index in [0.717, 1.165) is 37.5 Å². The summed E-state index contributed by atoms with van der Waals surface area (Å²) in [4.78, 5) is 13.4. The summed E-state index contributed by atoms with van der Waals surface area (Å²) in [5, 5.41) is 8.98. The number of hydrogen-bond acceptors (Lipinski definition) is 3. The number of piperidine rings is 1. The molecule has 3 unspecified atom stereocenters. The quantitative estimate of drug-likeness (QED) is 0.897. The number of furan rings is 1. The SMILES string of the molecule is Cc1cc(C(C)N2CCCC(C(C)CC(=O)O)C2)c(C)o1. The highest BCUT2D eigenvalue weighted by Crippen LogP contribution is 2.33. The second-order valence-electron chi connectivity index (χ2n) is 6.52. The highest BCUT2D eigenvalue weighted by atomic mass is 16.4. The largest absolute Gasteiger partial charge is 0.481 e. The second kappa shape index (κ2) is 6.65. The number of carboxylic acid groups (broad SMARTS) is 1. The average molecular weight is 293 g/mol. The Morgan fingerprint density at radius 1 is 1.48 bits per heavy atom. The van der Waals surface area contributed by atoms with E-state index in [4.69, 9.17) is 9.52 Å². The molecule has 4 nitrogen and oxygen atoms in total. The van der Waals surface area contributed by atoms with Crippen molar-refractivity contribution in [2.24, 2.45) is 11.8 Å². The van der Waals surface area contributed by atoms with Gasteiger partial charge in [-0.05, 0) is 58.1 Å². The van der Waals surface area contributed by atoms with Gasteiger partial charge in [-0.1, -0.05) is 6.92 Å². The Hall–Kier alpha value is -1.29. The highest BCUT2D eigenvalue weighted by molar-refractivity contribution is 5.67.